The molecule has 126 valence electrons. The average Bonchev–Trinajstić information content (AvgIpc) is 2.92. The second-order valence-corrected chi connectivity index (χ2v) is 6.46. The van der Waals surface area contributed by atoms with Crippen molar-refractivity contribution >= 4 is 23.1 Å². The lowest BCUT2D eigenvalue weighted by Crippen LogP contribution is -2.30. The first-order valence-electron chi connectivity index (χ1n) is 8.45. The second kappa shape index (κ2) is 6.20. The zero-order chi connectivity index (χ0) is 17.4. The molecule has 0 spiro atoms. The van der Waals surface area contributed by atoms with E-state index in [1.165, 1.54) is 4.90 Å². The number of anilines is 1. The molecule has 0 N–H and O–H groups in total. The summed E-state index contributed by atoms with van der Waals surface area (Å²) in [5.41, 5.74) is 2.82. The Morgan fingerprint density at radius 1 is 0.960 bits per heavy atom. The summed E-state index contributed by atoms with van der Waals surface area (Å²) in [7, 11) is 1.64. The number of rotatable bonds is 3. The highest BCUT2D eigenvalue weighted by Crippen LogP contribution is 2.42. The first kappa shape index (κ1) is 15.6. The fraction of sp³-hybridized carbons (Fsp3) is 0.238. The number of carbonyl (C=O) groups excluding carboxylic acids is 2. The molecule has 0 bridgehead atoms. The van der Waals surface area contributed by atoms with Crippen LogP contribution in [0, 0.1) is 11.8 Å². The molecule has 1 heterocycles. The molecule has 25 heavy (non-hydrogen) atoms. The van der Waals surface area contributed by atoms with Crippen LogP contribution in [0.15, 0.2) is 60.7 Å². The van der Waals surface area contributed by atoms with Crippen LogP contribution in [0.1, 0.15) is 18.4 Å². The number of carbonyl (C=O) groups is 2. The van der Waals surface area contributed by atoms with Crippen LogP contribution in [0.4, 0.5) is 5.69 Å². The van der Waals surface area contributed by atoms with Crippen molar-refractivity contribution in [3.8, 4) is 5.75 Å². The summed E-state index contributed by atoms with van der Waals surface area (Å²) in [6.07, 6.45) is 3.28. The molecule has 2 aliphatic rings. The van der Waals surface area contributed by atoms with Crippen molar-refractivity contribution in [2.24, 2.45) is 11.8 Å². The molecular weight excluding hydrogens is 314 g/mol. The van der Waals surface area contributed by atoms with Gasteiger partial charge in [0.1, 0.15) is 5.75 Å². The van der Waals surface area contributed by atoms with E-state index in [1.807, 2.05) is 54.6 Å². The smallest absolute Gasteiger partial charge is 0.238 e. The zero-order valence-corrected chi connectivity index (χ0v) is 14.0. The van der Waals surface area contributed by atoms with Gasteiger partial charge >= 0.3 is 0 Å². The number of nitrogens with zero attached hydrogens (tertiary/aromatic N) is 1. The van der Waals surface area contributed by atoms with Gasteiger partial charge in [-0.1, -0.05) is 36.4 Å². The van der Waals surface area contributed by atoms with Gasteiger partial charge < -0.3 is 4.74 Å². The number of imide groups is 1. The molecule has 1 fully saturated rings. The van der Waals surface area contributed by atoms with Crippen molar-refractivity contribution < 1.29 is 14.3 Å². The van der Waals surface area contributed by atoms with E-state index in [-0.39, 0.29) is 23.7 Å². The number of amides is 2. The summed E-state index contributed by atoms with van der Waals surface area (Å²) in [5.74, 6) is 0.0954. The number of benzene rings is 2. The number of hydrogen-bond donors (Lipinski definition) is 0. The van der Waals surface area contributed by atoms with Gasteiger partial charge in [0, 0.05) is 0 Å². The summed E-state index contributed by atoms with van der Waals surface area (Å²) in [5, 5.41) is 0. The van der Waals surface area contributed by atoms with Gasteiger partial charge in [0.05, 0.1) is 24.6 Å². The summed E-state index contributed by atoms with van der Waals surface area (Å²) < 4.78 is 5.29. The van der Waals surface area contributed by atoms with Crippen LogP contribution in [0.5, 0.6) is 5.75 Å². The number of fused-ring (bicyclic) bond motifs is 1. The maximum Gasteiger partial charge on any atom is 0.238 e. The Kier molecular flexibility index (Phi) is 3.88. The first-order chi connectivity index (χ1) is 12.2. The number of hydrogen-bond acceptors (Lipinski definition) is 3. The molecule has 4 nitrogen and oxygen atoms in total. The zero-order valence-electron chi connectivity index (χ0n) is 14.0. The molecule has 0 aromatic heterocycles. The topological polar surface area (TPSA) is 46.6 Å². The first-order valence-corrected chi connectivity index (χ1v) is 8.45. The Morgan fingerprint density at radius 3 is 2.48 bits per heavy atom. The predicted molar refractivity (Wildman–Crippen MR) is 96.1 cm³/mol. The number of allylic oxidation sites excluding steroid dienone is 2. The summed E-state index contributed by atoms with van der Waals surface area (Å²) in [4.78, 5) is 27.0. The van der Waals surface area contributed by atoms with Crippen molar-refractivity contribution in [3.05, 3.63) is 66.2 Å². The van der Waals surface area contributed by atoms with Crippen molar-refractivity contribution in [2.75, 3.05) is 12.0 Å². The molecular formula is C21H19NO3. The molecule has 4 heteroatoms. The monoisotopic (exact) mass is 333 g/mol. The highest BCUT2D eigenvalue weighted by Gasteiger charge is 2.49. The van der Waals surface area contributed by atoms with Gasteiger partial charge in [0.15, 0.2) is 0 Å². The summed E-state index contributed by atoms with van der Waals surface area (Å²) in [6, 6.07) is 17.0. The van der Waals surface area contributed by atoms with E-state index in [2.05, 4.69) is 6.08 Å². The van der Waals surface area contributed by atoms with Crippen LogP contribution in [-0.2, 0) is 9.59 Å². The van der Waals surface area contributed by atoms with Gasteiger partial charge in [0.25, 0.3) is 0 Å². The minimum atomic E-state index is -0.279. The van der Waals surface area contributed by atoms with E-state index in [4.69, 9.17) is 4.74 Å². The third-order valence-electron chi connectivity index (χ3n) is 5.07. The third-order valence-corrected chi connectivity index (χ3v) is 5.07. The van der Waals surface area contributed by atoms with E-state index in [1.54, 1.807) is 7.11 Å². The van der Waals surface area contributed by atoms with Crippen LogP contribution in [0.2, 0.25) is 0 Å². The number of para-hydroxylation sites is 1. The predicted octanol–water partition coefficient (Wildman–Crippen LogP) is 3.68. The SMILES string of the molecule is COc1cccc(C2=CC[C@@H]3C(=O)N(c4ccccc4)C(=O)[C@@H]3C2)c1. The van der Waals surface area contributed by atoms with Crippen molar-refractivity contribution in [1.82, 2.24) is 0 Å². The maximum atomic E-state index is 12.9. The molecule has 1 aliphatic carbocycles. The fourth-order valence-electron chi connectivity index (χ4n) is 3.76. The molecule has 1 saturated heterocycles. The van der Waals surface area contributed by atoms with Gasteiger partial charge in [-0.15, -0.1) is 0 Å². The van der Waals surface area contributed by atoms with Gasteiger partial charge in [-0.2, -0.15) is 0 Å². The van der Waals surface area contributed by atoms with Crippen LogP contribution in [0.3, 0.4) is 0 Å². The minimum absolute atomic E-state index is 0.0813. The van der Waals surface area contributed by atoms with Gasteiger partial charge in [0.2, 0.25) is 11.8 Å². The molecule has 4 rings (SSSR count). The largest absolute Gasteiger partial charge is 0.497 e. The van der Waals surface area contributed by atoms with Crippen LogP contribution >= 0.6 is 0 Å². The summed E-state index contributed by atoms with van der Waals surface area (Å²) >= 11 is 0. The lowest BCUT2D eigenvalue weighted by atomic mass is 9.79. The Hall–Kier alpha value is -2.88. The molecule has 0 radical (unpaired) electrons. The number of ether oxygens (including phenoxy) is 1. The van der Waals surface area contributed by atoms with Gasteiger partial charge in [-0.3, -0.25) is 14.5 Å². The van der Waals surface area contributed by atoms with E-state index in [0.717, 1.165) is 16.9 Å². The Balaban J connectivity index is 1.62. The Labute approximate surface area is 146 Å². The molecule has 0 unspecified atom stereocenters. The Bertz CT molecular complexity index is 856. The van der Waals surface area contributed by atoms with Crippen molar-refractivity contribution in [3.63, 3.8) is 0 Å². The van der Waals surface area contributed by atoms with Crippen molar-refractivity contribution in [1.29, 1.82) is 0 Å². The minimum Gasteiger partial charge on any atom is -0.497 e. The highest BCUT2D eigenvalue weighted by atomic mass is 16.5. The lowest BCUT2D eigenvalue weighted by molar-refractivity contribution is -0.122. The van der Waals surface area contributed by atoms with Crippen LogP contribution < -0.4 is 9.64 Å². The molecule has 1 aliphatic heterocycles. The fourth-order valence-corrected chi connectivity index (χ4v) is 3.76. The normalized spacial score (nSPS) is 22.6. The highest BCUT2D eigenvalue weighted by molar-refractivity contribution is 6.22. The maximum absolute atomic E-state index is 12.9. The van der Waals surface area contributed by atoms with Gasteiger partial charge in [-0.05, 0) is 48.2 Å². The molecule has 0 saturated carbocycles. The molecule has 2 amide bonds. The Morgan fingerprint density at radius 2 is 1.72 bits per heavy atom. The van der Waals surface area contributed by atoms with Crippen molar-refractivity contribution in [2.45, 2.75) is 12.8 Å². The molecule has 2 atom stereocenters. The van der Waals surface area contributed by atoms with Crippen LogP contribution in [0.25, 0.3) is 5.57 Å². The summed E-state index contributed by atoms with van der Waals surface area (Å²) in [6.45, 7) is 0. The lowest BCUT2D eigenvalue weighted by Gasteiger charge is -2.22. The number of methoxy groups -OCH3 is 1. The van der Waals surface area contributed by atoms with E-state index in [9.17, 15) is 9.59 Å². The van der Waals surface area contributed by atoms with Gasteiger partial charge in [-0.25, -0.2) is 0 Å². The van der Waals surface area contributed by atoms with E-state index < -0.39 is 0 Å². The third kappa shape index (κ3) is 2.64. The molecule has 2 aromatic rings. The van der Waals surface area contributed by atoms with Crippen LogP contribution in [-0.4, -0.2) is 18.9 Å². The quantitative estimate of drug-likeness (QED) is 0.805. The molecule has 2 aromatic carbocycles. The second-order valence-electron chi connectivity index (χ2n) is 6.46. The standard InChI is InChI=1S/C21H19NO3/c1-25-17-9-5-6-14(12-17)15-10-11-18-19(13-15)21(24)22(20(18)23)16-7-3-2-4-8-16/h2-10,12,18-19H,11,13H2,1H3/t18-,19+/m0/s1. The average molecular weight is 333 g/mol. The van der Waals surface area contributed by atoms with E-state index >= 15 is 0 Å². The van der Waals surface area contributed by atoms with E-state index in [0.29, 0.717) is 18.5 Å².